The molecule has 1 aliphatic heterocycles. The number of rotatable bonds is 3. The Morgan fingerprint density at radius 1 is 1.35 bits per heavy atom. The van der Waals surface area contributed by atoms with E-state index in [1.54, 1.807) is 0 Å². The van der Waals surface area contributed by atoms with Crippen molar-refractivity contribution in [1.82, 2.24) is 4.90 Å². The van der Waals surface area contributed by atoms with Crippen LogP contribution in [0, 0.1) is 16.7 Å². The Kier molecular flexibility index (Phi) is 3.23. The van der Waals surface area contributed by atoms with Crippen molar-refractivity contribution < 1.29 is 9.90 Å². The second kappa shape index (κ2) is 4.27. The molecule has 0 unspecified atom stereocenters. The average Bonchev–Trinajstić information content (AvgIpc) is 2.98. The molecule has 0 aromatic rings. The molecule has 0 spiro atoms. The van der Waals surface area contributed by atoms with Gasteiger partial charge in [-0.25, -0.2) is 0 Å². The number of amides is 1. The molecule has 1 heterocycles. The summed E-state index contributed by atoms with van der Waals surface area (Å²) < 4.78 is 0. The van der Waals surface area contributed by atoms with Crippen molar-refractivity contribution in [2.75, 3.05) is 19.7 Å². The molecule has 1 saturated carbocycles. The Labute approximate surface area is 104 Å². The molecule has 98 valence electrons. The first-order valence-electron chi connectivity index (χ1n) is 6.84. The third-order valence-electron chi connectivity index (χ3n) is 5.03. The van der Waals surface area contributed by atoms with E-state index in [0.717, 1.165) is 38.8 Å². The maximum Gasteiger partial charge on any atom is 0.226 e. The summed E-state index contributed by atoms with van der Waals surface area (Å²) in [5.74, 6) is 0.600. The van der Waals surface area contributed by atoms with E-state index in [2.05, 4.69) is 20.8 Å². The predicted molar refractivity (Wildman–Crippen MR) is 67.5 cm³/mol. The van der Waals surface area contributed by atoms with Crippen LogP contribution in [-0.4, -0.2) is 35.6 Å². The first kappa shape index (κ1) is 12.9. The summed E-state index contributed by atoms with van der Waals surface area (Å²) in [4.78, 5) is 14.2. The van der Waals surface area contributed by atoms with Gasteiger partial charge in [0, 0.05) is 25.6 Å². The van der Waals surface area contributed by atoms with Crippen LogP contribution in [0.2, 0.25) is 0 Å². The summed E-state index contributed by atoms with van der Waals surface area (Å²) in [5, 5.41) is 9.47. The maximum absolute atomic E-state index is 12.2. The van der Waals surface area contributed by atoms with Crippen LogP contribution in [0.1, 0.15) is 46.5 Å². The number of carbonyl (C=O) groups is 1. The molecular formula is C14H25NO2. The van der Waals surface area contributed by atoms with Gasteiger partial charge in [0.05, 0.1) is 0 Å². The molecule has 1 N–H and O–H groups in total. The molecule has 0 aromatic heterocycles. The van der Waals surface area contributed by atoms with Crippen LogP contribution >= 0.6 is 0 Å². The van der Waals surface area contributed by atoms with Gasteiger partial charge in [0.1, 0.15) is 0 Å². The Bertz CT molecular complexity index is 297. The molecule has 1 saturated heterocycles. The minimum atomic E-state index is 0.0792. The highest BCUT2D eigenvalue weighted by molar-refractivity contribution is 5.82. The summed E-state index contributed by atoms with van der Waals surface area (Å²) in [6.45, 7) is 8.41. The van der Waals surface area contributed by atoms with Crippen molar-refractivity contribution in [2.45, 2.75) is 46.5 Å². The molecular weight excluding hydrogens is 214 g/mol. The van der Waals surface area contributed by atoms with Gasteiger partial charge >= 0.3 is 0 Å². The monoisotopic (exact) mass is 239 g/mol. The van der Waals surface area contributed by atoms with E-state index in [4.69, 9.17) is 0 Å². The van der Waals surface area contributed by atoms with E-state index in [0.29, 0.717) is 5.91 Å². The van der Waals surface area contributed by atoms with Gasteiger partial charge in [0.2, 0.25) is 5.91 Å². The Hall–Kier alpha value is -0.570. The molecule has 2 aliphatic rings. The predicted octanol–water partition coefficient (Wildman–Crippen LogP) is 2.04. The van der Waals surface area contributed by atoms with Gasteiger partial charge in [0.15, 0.2) is 0 Å². The van der Waals surface area contributed by atoms with Crippen LogP contribution in [0.25, 0.3) is 0 Å². The van der Waals surface area contributed by atoms with Crippen LogP contribution in [0.4, 0.5) is 0 Å². The van der Waals surface area contributed by atoms with E-state index in [-0.39, 0.29) is 23.4 Å². The summed E-state index contributed by atoms with van der Waals surface area (Å²) in [5.41, 5.74) is 0.309. The topological polar surface area (TPSA) is 40.5 Å². The fourth-order valence-corrected chi connectivity index (χ4v) is 2.93. The fraction of sp³-hybridized carbons (Fsp3) is 0.929. The number of likely N-dealkylation sites (tertiary alicyclic amines) is 1. The number of aliphatic hydroxyl groups is 1. The number of aliphatic hydroxyl groups excluding tert-OH is 1. The minimum absolute atomic E-state index is 0.0792. The summed E-state index contributed by atoms with van der Waals surface area (Å²) in [7, 11) is 0. The van der Waals surface area contributed by atoms with Gasteiger partial charge in [-0.2, -0.15) is 0 Å². The third-order valence-corrected chi connectivity index (χ3v) is 5.03. The second-order valence-electron chi connectivity index (χ2n) is 6.58. The third kappa shape index (κ3) is 2.35. The highest BCUT2D eigenvalue weighted by Crippen LogP contribution is 2.52. The van der Waals surface area contributed by atoms with Crippen molar-refractivity contribution in [3.8, 4) is 0 Å². The van der Waals surface area contributed by atoms with Crippen molar-refractivity contribution in [3.63, 3.8) is 0 Å². The standard InChI is InChI=1S/C14H25NO2/c1-4-14(10-16)5-7-15(8-6-14)12(17)11-9-13(11,2)3/h11,16H,4-10H2,1-3H3/t11-/m1/s1. The van der Waals surface area contributed by atoms with Gasteiger partial charge in [-0.05, 0) is 36.5 Å². The molecule has 2 fully saturated rings. The van der Waals surface area contributed by atoms with Gasteiger partial charge in [-0.15, -0.1) is 0 Å². The van der Waals surface area contributed by atoms with Gasteiger partial charge in [-0.3, -0.25) is 4.79 Å². The van der Waals surface area contributed by atoms with E-state index < -0.39 is 0 Å². The minimum Gasteiger partial charge on any atom is -0.396 e. The van der Waals surface area contributed by atoms with E-state index in [9.17, 15) is 9.90 Å². The van der Waals surface area contributed by atoms with Crippen molar-refractivity contribution >= 4 is 5.91 Å². The Morgan fingerprint density at radius 3 is 2.24 bits per heavy atom. The lowest BCUT2D eigenvalue weighted by Gasteiger charge is -2.40. The lowest BCUT2D eigenvalue weighted by atomic mass is 9.77. The van der Waals surface area contributed by atoms with Crippen LogP contribution in [0.3, 0.4) is 0 Å². The molecule has 2 rings (SSSR count). The summed E-state index contributed by atoms with van der Waals surface area (Å²) >= 11 is 0. The average molecular weight is 239 g/mol. The number of hydrogen-bond donors (Lipinski definition) is 1. The molecule has 1 aliphatic carbocycles. The highest BCUT2D eigenvalue weighted by Gasteiger charge is 2.52. The van der Waals surface area contributed by atoms with Gasteiger partial charge < -0.3 is 10.0 Å². The molecule has 3 nitrogen and oxygen atoms in total. The number of nitrogens with zero attached hydrogens (tertiary/aromatic N) is 1. The molecule has 1 atom stereocenters. The molecule has 0 bridgehead atoms. The lowest BCUT2D eigenvalue weighted by molar-refractivity contribution is -0.136. The van der Waals surface area contributed by atoms with Gasteiger partial charge in [-0.1, -0.05) is 20.8 Å². The zero-order chi connectivity index (χ0) is 12.7. The lowest BCUT2D eigenvalue weighted by Crippen LogP contribution is -2.45. The number of carbonyl (C=O) groups excluding carboxylic acids is 1. The quantitative estimate of drug-likeness (QED) is 0.819. The highest BCUT2D eigenvalue weighted by atomic mass is 16.3. The van der Waals surface area contributed by atoms with Crippen molar-refractivity contribution in [3.05, 3.63) is 0 Å². The first-order valence-corrected chi connectivity index (χ1v) is 6.84. The molecule has 0 aromatic carbocycles. The van der Waals surface area contributed by atoms with Crippen LogP contribution in [0.15, 0.2) is 0 Å². The zero-order valence-electron chi connectivity index (χ0n) is 11.3. The van der Waals surface area contributed by atoms with Gasteiger partial charge in [0.25, 0.3) is 0 Å². The van der Waals surface area contributed by atoms with Crippen molar-refractivity contribution in [1.29, 1.82) is 0 Å². The Morgan fingerprint density at radius 2 is 1.88 bits per heavy atom. The molecule has 17 heavy (non-hydrogen) atoms. The zero-order valence-corrected chi connectivity index (χ0v) is 11.3. The maximum atomic E-state index is 12.2. The smallest absolute Gasteiger partial charge is 0.226 e. The number of piperidine rings is 1. The van der Waals surface area contributed by atoms with Crippen LogP contribution < -0.4 is 0 Å². The molecule has 3 heteroatoms. The Balaban J connectivity index is 1.89. The van der Waals surface area contributed by atoms with E-state index in [1.807, 2.05) is 4.90 Å². The van der Waals surface area contributed by atoms with E-state index >= 15 is 0 Å². The van der Waals surface area contributed by atoms with Crippen molar-refractivity contribution in [2.24, 2.45) is 16.7 Å². The molecule has 1 amide bonds. The fourth-order valence-electron chi connectivity index (χ4n) is 2.93. The molecule has 0 radical (unpaired) electrons. The van der Waals surface area contributed by atoms with Crippen LogP contribution in [-0.2, 0) is 4.79 Å². The van der Waals surface area contributed by atoms with Crippen LogP contribution in [0.5, 0.6) is 0 Å². The SMILES string of the molecule is CCC1(CO)CCN(C(=O)[C@H]2CC2(C)C)CC1. The summed E-state index contributed by atoms with van der Waals surface area (Å²) in [6.07, 6.45) is 3.97. The number of hydrogen-bond acceptors (Lipinski definition) is 2. The van der Waals surface area contributed by atoms with E-state index in [1.165, 1.54) is 0 Å². The first-order chi connectivity index (χ1) is 7.94. The normalized spacial score (nSPS) is 30.1. The second-order valence-corrected chi connectivity index (χ2v) is 6.58. The largest absolute Gasteiger partial charge is 0.396 e. The summed E-state index contributed by atoms with van der Waals surface area (Å²) in [6, 6.07) is 0.